The molecular weight excluding hydrogens is 326 g/mol. The van der Waals surface area contributed by atoms with Gasteiger partial charge in [0.1, 0.15) is 0 Å². The third kappa shape index (κ3) is 5.34. The molecule has 0 saturated heterocycles. The largest absolute Gasteiger partial charge is 0.465 e. The number of nitrogens with one attached hydrogen (secondary N) is 1. The molecule has 0 aliphatic heterocycles. The molecule has 0 radical (unpaired) electrons. The van der Waals surface area contributed by atoms with E-state index in [1.54, 1.807) is 24.3 Å². The van der Waals surface area contributed by atoms with Gasteiger partial charge in [0.15, 0.2) is 0 Å². The molecule has 24 heavy (non-hydrogen) atoms. The van der Waals surface area contributed by atoms with Gasteiger partial charge in [0, 0.05) is 17.6 Å². The molecule has 0 aliphatic carbocycles. The number of benzene rings is 2. The molecule has 0 amide bonds. The first-order valence-electron chi connectivity index (χ1n) is 7.83. The van der Waals surface area contributed by atoms with Gasteiger partial charge >= 0.3 is 5.97 Å². The van der Waals surface area contributed by atoms with Crippen LogP contribution in [0.4, 0.5) is 0 Å². The maximum Gasteiger partial charge on any atom is 0.337 e. The van der Waals surface area contributed by atoms with Crippen LogP contribution >= 0.6 is 11.6 Å². The van der Waals surface area contributed by atoms with E-state index in [0.717, 1.165) is 17.5 Å². The number of hydrogen-bond donors (Lipinski definition) is 2. The number of ether oxygens (including phenoxy) is 1. The Hall–Kier alpha value is -1.88. The zero-order valence-electron chi connectivity index (χ0n) is 13.8. The summed E-state index contributed by atoms with van der Waals surface area (Å²) in [6.07, 6.45) is 0.192. The van der Waals surface area contributed by atoms with E-state index in [2.05, 4.69) is 17.0 Å². The molecule has 0 heterocycles. The molecule has 2 aromatic carbocycles. The number of carbonyl (C=O) groups excluding carboxylic acids is 1. The zero-order valence-corrected chi connectivity index (χ0v) is 14.6. The molecule has 5 heteroatoms. The molecule has 0 aliphatic rings. The van der Waals surface area contributed by atoms with Crippen molar-refractivity contribution in [3.63, 3.8) is 0 Å². The monoisotopic (exact) mass is 347 g/mol. The van der Waals surface area contributed by atoms with Gasteiger partial charge in [0.25, 0.3) is 0 Å². The molecule has 0 fully saturated rings. The van der Waals surface area contributed by atoms with Crippen LogP contribution in [0.15, 0.2) is 48.5 Å². The fourth-order valence-electron chi connectivity index (χ4n) is 2.47. The highest BCUT2D eigenvalue weighted by atomic mass is 35.5. The van der Waals surface area contributed by atoms with Crippen LogP contribution in [0.25, 0.3) is 0 Å². The van der Waals surface area contributed by atoms with Crippen molar-refractivity contribution in [2.45, 2.75) is 25.5 Å². The zero-order chi connectivity index (χ0) is 17.5. The van der Waals surface area contributed by atoms with Crippen molar-refractivity contribution in [2.75, 3.05) is 13.7 Å². The van der Waals surface area contributed by atoms with Crippen LogP contribution < -0.4 is 5.32 Å². The second kappa shape index (κ2) is 8.83. The van der Waals surface area contributed by atoms with Gasteiger partial charge in [-0.3, -0.25) is 0 Å². The highest BCUT2D eigenvalue weighted by Crippen LogP contribution is 2.17. The molecule has 0 spiro atoms. The Bertz CT molecular complexity index is 673. The molecule has 0 saturated carbocycles. The van der Waals surface area contributed by atoms with E-state index < -0.39 is 6.10 Å². The number of aliphatic hydroxyl groups is 1. The van der Waals surface area contributed by atoms with E-state index in [1.807, 2.05) is 24.3 Å². The van der Waals surface area contributed by atoms with E-state index in [4.69, 9.17) is 11.6 Å². The van der Waals surface area contributed by atoms with Gasteiger partial charge in [-0.15, -0.1) is 0 Å². The molecule has 2 rings (SSSR count). The Morgan fingerprint density at radius 2 is 1.96 bits per heavy atom. The Morgan fingerprint density at radius 1 is 1.25 bits per heavy atom. The first-order valence-corrected chi connectivity index (χ1v) is 8.21. The molecule has 2 aromatic rings. The van der Waals surface area contributed by atoms with E-state index in [9.17, 15) is 9.90 Å². The summed E-state index contributed by atoms with van der Waals surface area (Å²) >= 11 is 5.94. The summed E-state index contributed by atoms with van der Waals surface area (Å²) in [7, 11) is 1.37. The Labute approximate surface area is 147 Å². The molecule has 0 bridgehead atoms. The fourth-order valence-corrected chi connectivity index (χ4v) is 2.66. The number of hydrogen-bond acceptors (Lipinski definition) is 4. The number of aliphatic hydroxyl groups excluding tert-OH is 1. The minimum atomic E-state index is -0.604. The van der Waals surface area contributed by atoms with Crippen LogP contribution in [0, 0.1) is 0 Å². The predicted molar refractivity (Wildman–Crippen MR) is 95.4 cm³/mol. The van der Waals surface area contributed by atoms with Crippen molar-refractivity contribution in [3.05, 3.63) is 70.2 Å². The Morgan fingerprint density at radius 3 is 2.58 bits per heavy atom. The molecule has 2 atom stereocenters. The van der Waals surface area contributed by atoms with Crippen molar-refractivity contribution in [3.8, 4) is 0 Å². The third-order valence-electron chi connectivity index (χ3n) is 3.81. The lowest BCUT2D eigenvalue weighted by molar-refractivity contribution is 0.0600. The summed E-state index contributed by atoms with van der Waals surface area (Å²) in [4.78, 5) is 11.4. The number of rotatable bonds is 7. The maximum atomic E-state index is 11.4. The van der Waals surface area contributed by atoms with Gasteiger partial charge < -0.3 is 15.2 Å². The van der Waals surface area contributed by atoms with Crippen molar-refractivity contribution in [2.24, 2.45) is 0 Å². The molecule has 128 valence electrons. The smallest absolute Gasteiger partial charge is 0.337 e. The second-order valence-corrected chi connectivity index (χ2v) is 6.21. The summed E-state index contributed by atoms with van der Waals surface area (Å²) in [6.45, 7) is 2.50. The number of carbonyl (C=O) groups is 1. The first kappa shape index (κ1) is 18.5. The first-order chi connectivity index (χ1) is 11.5. The SMILES string of the molecule is COC(=O)c1ccc(CC(C)NCC(O)c2cccc(Cl)c2)cc1. The maximum absolute atomic E-state index is 11.4. The summed E-state index contributed by atoms with van der Waals surface area (Å²) in [5, 5.41) is 14.1. The van der Waals surface area contributed by atoms with Crippen molar-refractivity contribution < 1.29 is 14.6 Å². The normalized spacial score (nSPS) is 13.3. The van der Waals surface area contributed by atoms with Crippen molar-refractivity contribution in [1.29, 1.82) is 0 Å². The average Bonchev–Trinajstić information content (AvgIpc) is 2.59. The number of methoxy groups -OCH3 is 1. The molecule has 4 nitrogen and oxygen atoms in total. The minimum Gasteiger partial charge on any atom is -0.465 e. The average molecular weight is 348 g/mol. The highest BCUT2D eigenvalue weighted by molar-refractivity contribution is 6.30. The van der Waals surface area contributed by atoms with Gasteiger partial charge in [-0.05, 0) is 48.7 Å². The van der Waals surface area contributed by atoms with Crippen LogP contribution in [-0.2, 0) is 11.2 Å². The highest BCUT2D eigenvalue weighted by Gasteiger charge is 2.11. The summed E-state index contributed by atoms with van der Waals surface area (Å²) < 4.78 is 4.68. The Balaban J connectivity index is 1.84. The summed E-state index contributed by atoms with van der Waals surface area (Å²) in [5.41, 5.74) is 2.45. The molecular formula is C19H22ClNO3. The lowest BCUT2D eigenvalue weighted by atomic mass is 10.0. The van der Waals surface area contributed by atoms with Gasteiger partial charge in [-0.1, -0.05) is 35.9 Å². The van der Waals surface area contributed by atoms with Crippen LogP contribution in [0.2, 0.25) is 5.02 Å². The second-order valence-electron chi connectivity index (χ2n) is 5.77. The van der Waals surface area contributed by atoms with Gasteiger partial charge in [-0.2, -0.15) is 0 Å². The van der Waals surface area contributed by atoms with Crippen LogP contribution in [0.3, 0.4) is 0 Å². The van der Waals surface area contributed by atoms with Crippen LogP contribution in [-0.4, -0.2) is 30.8 Å². The number of esters is 1. The summed E-state index contributed by atoms with van der Waals surface area (Å²) in [5.74, 6) is -0.336. The fraction of sp³-hybridized carbons (Fsp3) is 0.316. The Kier molecular flexibility index (Phi) is 6.79. The van der Waals surface area contributed by atoms with Gasteiger partial charge in [0.2, 0.25) is 0 Å². The third-order valence-corrected chi connectivity index (χ3v) is 4.05. The van der Waals surface area contributed by atoms with E-state index >= 15 is 0 Å². The van der Waals surface area contributed by atoms with Gasteiger partial charge in [0.05, 0.1) is 18.8 Å². The van der Waals surface area contributed by atoms with E-state index in [1.165, 1.54) is 7.11 Å². The van der Waals surface area contributed by atoms with Gasteiger partial charge in [-0.25, -0.2) is 4.79 Å². The predicted octanol–water partition coefficient (Wildman–Crippen LogP) is 3.38. The van der Waals surface area contributed by atoms with E-state index in [0.29, 0.717) is 17.1 Å². The minimum absolute atomic E-state index is 0.183. The standard InChI is InChI=1S/C19H22ClNO3/c1-13(10-14-6-8-15(9-7-14)19(23)24-2)21-12-18(22)16-4-3-5-17(20)11-16/h3-9,11,13,18,21-22H,10,12H2,1-2H3. The topological polar surface area (TPSA) is 58.6 Å². The summed E-state index contributed by atoms with van der Waals surface area (Å²) in [6, 6.07) is 14.8. The lowest BCUT2D eigenvalue weighted by Gasteiger charge is -2.18. The quantitative estimate of drug-likeness (QED) is 0.754. The lowest BCUT2D eigenvalue weighted by Crippen LogP contribution is -2.32. The van der Waals surface area contributed by atoms with Crippen molar-refractivity contribution >= 4 is 17.6 Å². The van der Waals surface area contributed by atoms with Crippen LogP contribution in [0.1, 0.15) is 34.5 Å². The van der Waals surface area contributed by atoms with Crippen LogP contribution in [0.5, 0.6) is 0 Å². The van der Waals surface area contributed by atoms with Crippen molar-refractivity contribution in [1.82, 2.24) is 5.32 Å². The molecule has 0 aromatic heterocycles. The molecule has 2 unspecified atom stereocenters. The van der Waals surface area contributed by atoms with E-state index in [-0.39, 0.29) is 12.0 Å². The number of halogens is 1. The molecule has 2 N–H and O–H groups in total.